The standard InChI is InChI=1S/C9H12BrNO3S/c1-9(2)5(8(13)14-3)11-6(12)4(10)7(11)15-9/h4-5,7H,1-3H3. The molecule has 0 spiro atoms. The Labute approximate surface area is 101 Å². The maximum absolute atomic E-state index is 11.6. The Bertz CT molecular complexity index is 333. The van der Waals surface area contributed by atoms with E-state index in [4.69, 9.17) is 4.74 Å². The van der Waals surface area contributed by atoms with Crippen LogP contribution in [-0.2, 0) is 14.3 Å². The summed E-state index contributed by atoms with van der Waals surface area (Å²) in [6.07, 6.45) is 0. The minimum Gasteiger partial charge on any atom is -0.467 e. The van der Waals surface area contributed by atoms with E-state index in [1.165, 1.54) is 7.11 Å². The highest BCUT2D eigenvalue weighted by Gasteiger charge is 2.63. The molecule has 2 aliphatic rings. The van der Waals surface area contributed by atoms with E-state index in [9.17, 15) is 9.59 Å². The first-order valence-electron chi connectivity index (χ1n) is 4.62. The van der Waals surface area contributed by atoms with E-state index < -0.39 is 6.04 Å². The number of hydrogen-bond acceptors (Lipinski definition) is 4. The molecule has 4 nitrogen and oxygen atoms in total. The van der Waals surface area contributed by atoms with Crippen LogP contribution in [0.5, 0.6) is 0 Å². The highest BCUT2D eigenvalue weighted by atomic mass is 79.9. The van der Waals surface area contributed by atoms with Crippen molar-refractivity contribution in [2.45, 2.75) is 34.8 Å². The van der Waals surface area contributed by atoms with Crippen molar-refractivity contribution in [1.29, 1.82) is 0 Å². The van der Waals surface area contributed by atoms with Crippen molar-refractivity contribution in [1.82, 2.24) is 4.90 Å². The summed E-state index contributed by atoms with van der Waals surface area (Å²) in [4.78, 5) is 24.7. The predicted octanol–water partition coefficient (Wildman–Crippen LogP) is 0.985. The Kier molecular flexibility index (Phi) is 2.54. The molecule has 0 bridgehead atoms. The van der Waals surface area contributed by atoms with Crippen molar-refractivity contribution in [2.75, 3.05) is 7.11 Å². The summed E-state index contributed by atoms with van der Waals surface area (Å²) in [6, 6.07) is -0.459. The lowest BCUT2D eigenvalue weighted by Gasteiger charge is -2.41. The quantitative estimate of drug-likeness (QED) is 0.411. The molecule has 2 fully saturated rings. The van der Waals surface area contributed by atoms with Gasteiger partial charge in [0.25, 0.3) is 0 Å². The van der Waals surface area contributed by atoms with E-state index >= 15 is 0 Å². The van der Waals surface area contributed by atoms with E-state index in [2.05, 4.69) is 15.9 Å². The number of nitrogens with zero attached hydrogens (tertiary/aromatic N) is 1. The van der Waals surface area contributed by atoms with Crippen LogP contribution in [-0.4, -0.2) is 44.9 Å². The summed E-state index contributed by atoms with van der Waals surface area (Å²) in [5.41, 5.74) is 0. The summed E-state index contributed by atoms with van der Waals surface area (Å²) < 4.78 is 4.46. The number of rotatable bonds is 1. The van der Waals surface area contributed by atoms with Gasteiger partial charge >= 0.3 is 5.97 Å². The molecule has 2 saturated heterocycles. The van der Waals surface area contributed by atoms with Gasteiger partial charge in [0.05, 0.1) is 7.11 Å². The van der Waals surface area contributed by atoms with Gasteiger partial charge in [-0.25, -0.2) is 4.79 Å². The average molecular weight is 294 g/mol. The summed E-state index contributed by atoms with van der Waals surface area (Å²) in [5, 5.41) is 0.0663. The fraction of sp³-hybridized carbons (Fsp3) is 0.778. The molecule has 84 valence electrons. The van der Waals surface area contributed by atoms with Crippen molar-refractivity contribution >= 4 is 39.6 Å². The van der Waals surface area contributed by atoms with Gasteiger partial charge in [-0.3, -0.25) is 4.79 Å². The van der Waals surface area contributed by atoms with Crippen LogP contribution >= 0.6 is 27.7 Å². The van der Waals surface area contributed by atoms with Gasteiger partial charge in [-0.2, -0.15) is 0 Å². The van der Waals surface area contributed by atoms with Gasteiger partial charge in [0.2, 0.25) is 5.91 Å². The molecule has 0 radical (unpaired) electrons. The maximum Gasteiger partial charge on any atom is 0.330 e. The second-order valence-electron chi connectivity index (χ2n) is 4.18. The number of carbonyl (C=O) groups is 2. The Hall–Kier alpha value is -0.230. The molecule has 15 heavy (non-hydrogen) atoms. The lowest BCUT2D eigenvalue weighted by Crippen LogP contribution is -2.63. The highest BCUT2D eigenvalue weighted by Crippen LogP contribution is 2.52. The smallest absolute Gasteiger partial charge is 0.330 e. The van der Waals surface area contributed by atoms with Crippen LogP contribution in [0.3, 0.4) is 0 Å². The lowest BCUT2D eigenvalue weighted by atomic mass is 9.98. The molecule has 2 heterocycles. The Morgan fingerprint density at radius 1 is 1.60 bits per heavy atom. The first-order chi connectivity index (χ1) is 6.90. The molecule has 0 saturated carbocycles. The Morgan fingerprint density at radius 2 is 2.20 bits per heavy atom. The van der Waals surface area contributed by atoms with Crippen LogP contribution in [0.2, 0.25) is 0 Å². The van der Waals surface area contributed by atoms with Crippen molar-refractivity contribution in [3.63, 3.8) is 0 Å². The third-order valence-electron chi connectivity index (χ3n) is 2.80. The van der Waals surface area contributed by atoms with Crippen LogP contribution in [0.1, 0.15) is 13.8 Å². The second kappa shape index (κ2) is 3.38. The number of methoxy groups -OCH3 is 1. The summed E-state index contributed by atoms with van der Waals surface area (Å²) in [6.45, 7) is 3.93. The SMILES string of the molecule is COC(=O)C1N2C(=O)C(Br)C2SC1(C)C. The van der Waals surface area contributed by atoms with E-state index in [-0.39, 0.29) is 26.8 Å². The number of ether oxygens (including phenoxy) is 1. The van der Waals surface area contributed by atoms with Crippen molar-refractivity contribution in [2.24, 2.45) is 0 Å². The molecule has 1 amide bonds. The molecule has 6 heteroatoms. The fourth-order valence-electron chi connectivity index (χ4n) is 2.06. The Morgan fingerprint density at radius 3 is 2.73 bits per heavy atom. The number of alkyl halides is 1. The minimum atomic E-state index is -0.459. The van der Waals surface area contributed by atoms with Gasteiger partial charge in [-0.15, -0.1) is 11.8 Å². The predicted molar refractivity (Wildman–Crippen MR) is 60.8 cm³/mol. The molecule has 3 unspecified atom stereocenters. The topological polar surface area (TPSA) is 46.6 Å². The lowest BCUT2D eigenvalue weighted by molar-refractivity contribution is -0.158. The zero-order valence-electron chi connectivity index (χ0n) is 8.69. The van der Waals surface area contributed by atoms with Crippen LogP contribution in [0.15, 0.2) is 0 Å². The van der Waals surface area contributed by atoms with Gasteiger partial charge < -0.3 is 9.64 Å². The fourth-order valence-corrected chi connectivity index (χ4v) is 4.41. The van der Waals surface area contributed by atoms with Crippen molar-refractivity contribution < 1.29 is 14.3 Å². The molecule has 0 aromatic carbocycles. The number of hydrogen-bond donors (Lipinski definition) is 0. The van der Waals surface area contributed by atoms with Crippen molar-refractivity contribution in [3.8, 4) is 0 Å². The molecule has 0 aliphatic carbocycles. The van der Waals surface area contributed by atoms with Gasteiger partial charge in [-0.1, -0.05) is 15.9 Å². The maximum atomic E-state index is 11.6. The van der Waals surface area contributed by atoms with Gasteiger partial charge in [0.15, 0.2) is 0 Å². The molecule has 2 rings (SSSR count). The average Bonchev–Trinajstić information content (AvgIpc) is 2.45. The van der Waals surface area contributed by atoms with E-state index in [1.54, 1.807) is 16.7 Å². The molecule has 0 aromatic rings. The van der Waals surface area contributed by atoms with E-state index in [0.717, 1.165) is 0 Å². The third kappa shape index (κ3) is 1.41. The molecular formula is C9H12BrNO3S. The summed E-state index contributed by atoms with van der Waals surface area (Å²) in [5.74, 6) is -0.351. The molecular weight excluding hydrogens is 282 g/mol. The summed E-state index contributed by atoms with van der Waals surface area (Å²) in [7, 11) is 1.35. The molecule has 0 aromatic heterocycles. The monoisotopic (exact) mass is 293 g/mol. The number of thioether (sulfide) groups is 1. The molecule has 2 aliphatic heterocycles. The number of fused-ring (bicyclic) bond motifs is 1. The second-order valence-corrected chi connectivity index (χ2v) is 6.94. The van der Waals surface area contributed by atoms with Gasteiger partial charge in [0.1, 0.15) is 16.2 Å². The normalized spacial score (nSPS) is 37.2. The number of esters is 1. The zero-order chi connectivity index (χ0) is 11.4. The van der Waals surface area contributed by atoms with Gasteiger partial charge in [0, 0.05) is 4.75 Å². The van der Waals surface area contributed by atoms with Crippen LogP contribution in [0.4, 0.5) is 0 Å². The zero-order valence-corrected chi connectivity index (χ0v) is 11.1. The third-order valence-corrected chi connectivity index (χ3v) is 5.61. The van der Waals surface area contributed by atoms with Crippen molar-refractivity contribution in [3.05, 3.63) is 0 Å². The minimum absolute atomic E-state index is 0.0199. The van der Waals surface area contributed by atoms with Crippen LogP contribution in [0.25, 0.3) is 0 Å². The van der Waals surface area contributed by atoms with Gasteiger partial charge in [-0.05, 0) is 13.8 Å². The van der Waals surface area contributed by atoms with Crippen LogP contribution in [0, 0.1) is 0 Å². The Balaban J connectivity index is 2.29. The molecule has 3 atom stereocenters. The van der Waals surface area contributed by atoms with E-state index in [0.29, 0.717) is 0 Å². The first-order valence-corrected chi connectivity index (χ1v) is 6.41. The number of carbonyl (C=O) groups excluding carboxylic acids is 2. The number of β-lactam (4-membered cyclic amide) rings is 1. The molecule has 0 N–H and O–H groups in total. The largest absolute Gasteiger partial charge is 0.467 e. The first kappa shape index (κ1) is 11.3. The summed E-state index contributed by atoms with van der Waals surface area (Å²) >= 11 is 4.96. The highest BCUT2D eigenvalue weighted by molar-refractivity contribution is 9.10. The van der Waals surface area contributed by atoms with E-state index in [1.807, 2.05) is 13.8 Å². The van der Waals surface area contributed by atoms with Crippen LogP contribution < -0.4 is 0 Å². The number of halogens is 1. The number of amides is 1.